The molecule has 0 N–H and O–H groups in total. The number of hydrogen-bond acceptors (Lipinski definition) is 3. The standard InChI is InChI=1S/C32H32N4/c1-24-7-13-27(14-8-24)20-35(21-28-15-9-25(2)10-16-28)31-6-4-5-30(19-31)32-23-36(34-33-32)22-29-17-11-26(3)12-18-29/h4-19,23H,20-22H2,1-3H3. The first-order valence-electron chi connectivity index (χ1n) is 12.4. The van der Waals surface area contributed by atoms with Crippen LogP contribution in [0.15, 0.2) is 103 Å². The van der Waals surface area contributed by atoms with Crippen LogP contribution in [0.3, 0.4) is 0 Å². The van der Waals surface area contributed by atoms with Crippen molar-refractivity contribution in [1.29, 1.82) is 0 Å². The molecule has 180 valence electrons. The molecular formula is C32H32N4. The summed E-state index contributed by atoms with van der Waals surface area (Å²) in [4.78, 5) is 2.43. The van der Waals surface area contributed by atoms with Crippen molar-refractivity contribution in [2.45, 2.75) is 40.4 Å². The molecule has 0 fully saturated rings. The second kappa shape index (κ2) is 10.6. The van der Waals surface area contributed by atoms with Crippen LogP contribution in [0, 0.1) is 20.8 Å². The molecule has 0 radical (unpaired) electrons. The fourth-order valence-electron chi connectivity index (χ4n) is 4.32. The van der Waals surface area contributed by atoms with Crippen molar-refractivity contribution in [3.63, 3.8) is 0 Å². The van der Waals surface area contributed by atoms with E-state index in [-0.39, 0.29) is 0 Å². The Morgan fingerprint density at radius 1 is 0.639 bits per heavy atom. The quantitative estimate of drug-likeness (QED) is 0.241. The van der Waals surface area contributed by atoms with Crippen molar-refractivity contribution in [1.82, 2.24) is 15.0 Å². The Morgan fingerprint density at radius 3 is 1.72 bits per heavy atom. The first-order valence-corrected chi connectivity index (χ1v) is 12.4. The lowest BCUT2D eigenvalue weighted by Crippen LogP contribution is -2.22. The van der Waals surface area contributed by atoms with E-state index in [1.54, 1.807) is 0 Å². The van der Waals surface area contributed by atoms with Crippen molar-refractivity contribution >= 4 is 5.69 Å². The molecular weight excluding hydrogens is 440 g/mol. The summed E-state index contributed by atoms with van der Waals surface area (Å²) < 4.78 is 1.91. The molecule has 0 atom stereocenters. The highest BCUT2D eigenvalue weighted by molar-refractivity contribution is 5.65. The molecule has 0 aliphatic rings. The van der Waals surface area contributed by atoms with Gasteiger partial charge in [-0.25, -0.2) is 4.68 Å². The SMILES string of the molecule is Cc1ccc(CN(Cc2ccc(C)cc2)c2cccc(-c3cn(Cc4ccc(C)cc4)nn3)c2)cc1. The maximum absolute atomic E-state index is 4.48. The minimum absolute atomic E-state index is 0.708. The van der Waals surface area contributed by atoms with Gasteiger partial charge < -0.3 is 4.90 Å². The van der Waals surface area contributed by atoms with Gasteiger partial charge >= 0.3 is 0 Å². The van der Waals surface area contributed by atoms with E-state index in [0.29, 0.717) is 6.54 Å². The van der Waals surface area contributed by atoms with Crippen molar-refractivity contribution < 1.29 is 0 Å². The van der Waals surface area contributed by atoms with Crippen LogP contribution in [0.1, 0.15) is 33.4 Å². The summed E-state index contributed by atoms with van der Waals surface area (Å²) in [5, 5.41) is 8.87. The van der Waals surface area contributed by atoms with Crippen LogP contribution in [0.25, 0.3) is 11.3 Å². The highest BCUT2D eigenvalue weighted by Gasteiger charge is 2.12. The Bertz CT molecular complexity index is 1370. The molecule has 0 bridgehead atoms. The van der Waals surface area contributed by atoms with Crippen molar-refractivity contribution in [3.8, 4) is 11.3 Å². The van der Waals surface area contributed by atoms with Gasteiger partial charge in [0.05, 0.1) is 12.7 Å². The van der Waals surface area contributed by atoms with Crippen LogP contribution in [-0.2, 0) is 19.6 Å². The van der Waals surface area contributed by atoms with Crippen LogP contribution in [0.2, 0.25) is 0 Å². The van der Waals surface area contributed by atoms with Crippen LogP contribution >= 0.6 is 0 Å². The van der Waals surface area contributed by atoms with E-state index in [1.807, 2.05) is 10.9 Å². The van der Waals surface area contributed by atoms with Crippen LogP contribution in [0.4, 0.5) is 5.69 Å². The van der Waals surface area contributed by atoms with Gasteiger partial charge in [0.25, 0.3) is 0 Å². The van der Waals surface area contributed by atoms with E-state index in [4.69, 9.17) is 0 Å². The normalized spacial score (nSPS) is 11.0. The predicted octanol–water partition coefficient (Wildman–Crippen LogP) is 7.13. The summed E-state index contributed by atoms with van der Waals surface area (Å²) in [6.45, 7) is 8.73. The molecule has 5 aromatic rings. The number of aromatic nitrogens is 3. The summed E-state index contributed by atoms with van der Waals surface area (Å²) in [6.07, 6.45) is 2.03. The zero-order chi connectivity index (χ0) is 24.9. The lowest BCUT2D eigenvalue weighted by atomic mass is 10.1. The molecule has 5 rings (SSSR count). The lowest BCUT2D eigenvalue weighted by Gasteiger charge is -2.26. The molecule has 0 unspecified atom stereocenters. The molecule has 0 saturated heterocycles. The molecule has 0 aliphatic carbocycles. The van der Waals surface area contributed by atoms with Crippen molar-refractivity contribution in [2.24, 2.45) is 0 Å². The monoisotopic (exact) mass is 472 g/mol. The number of hydrogen-bond donors (Lipinski definition) is 0. The Morgan fingerprint density at radius 2 is 1.17 bits per heavy atom. The third-order valence-electron chi connectivity index (χ3n) is 6.50. The molecule has 0 spiro atoms. The molecule has 0 amide bonds. The molecule has 4 heteroatoms. The molecule has 1 aromatic heterocycles. The Balaban J connectivity index is 1.40. The van der Waals surface area contributed by atoms with E-state index in [1.165, 1.54) is 39.1 Å². The summed E-state index contributed by atoms with van der Waals surface area (Å²) >= 11 is 0. The lowest BCUT2D eigenvalue weighted by molar-refractivity contribution is 0.649. The summed E-state index contributed by atoms with van der Waals surface area (Å²) in [5.74, 6) is 0. The van der Waals surface area contributed by atoms with Gasteiger partial charge in [0.1, 0.15) is 5.69 Å². The van der Waals surface area contributed by atoms with Gasteiger partial charge in [-0.15, -0.1) is 5.10 Å². The maximum Gasteiger partial charge on any atom is 0.113 e. The Hall–Kier alpha value is -4.18. The number of benzene rings is 4. The molecule has 4 nitrogen and oxygen atoms in total. The Kier molecular flexibility index (Phi) is 6.94. The number of rotatable bonds is 8. The highest BCUT2D eigenvalue weighted by atomic mass is 15.4. The molecule has 0 aliphatic heterocycles. The van der Waals surface area contributed by atoms with Gasteiger partial charge in [-0.05, 0) is 49.6 Å². The summed E-state index contributed by atoms with van der Waals surface area (Å²) in [7, 11) is 0. The first-order chi connectivity index (χ1) is 17.5. The molecule has 36 heavy (non-hydrogen) atoms. The average Bonchev–Trinajstić information content (AvgIpc) is 3.36. The minimum atomic E-state index is 0.708. The number of aryl methyl sites for hydroxylation is 3. The predicted molar refractivity (Wildman–Crippen MR) is 148 cm³/mol. The van der Waals surface area contributed by atoms with Gasteiger partial charge in [-0.3, -0.25) is 0 Å². The molecule has 0 saturated carbocycles. The molecule has 1 heterocycles. The van der Waals surface area contributed by atoms with E-state index >= 15 is 0 Å². The van der Waals surface area contributed by atoms with Crippen molar-refractivity contribution in [2.75, 3.05) is 4.90 Å². The van der Waals surface area contributed by atoms with E-state index in [9.17, 15) is 0 Å². The van der Waals surface area contributed by atoms with Crippen LogP contribution in [0.5, 0.6) is 0 Å². The highest BCUT2D eigenvalue weighted by Crippen LogP contribution is 2.26. The van der Waals surface area contributed by atoms with Crippen LogP contribution in [-0.4, -0.2) is 15.0 Å². The smallest absolute Gasteiger partial charge is 0.113 e. The maximum atomic E-state index is 4.48. The zero-order valence-electron chi connectivity index (χ0n) is 21.2. The fraction of sp³-hybridized carbons (Fsp3) is 0.188. The van der Waals surface area contributed by atoms with Gasteiger partial charge in [0.15, 0.2) is 0 Å². The summed E-state index contributed by atoms with van der Waals surface area (Å²) in [5.41, 5.74) is 10.7. The largest absolute Gasteiger partial charge is 0.363 e. The topological polar surface area (TPSA) is 34.0 Å². The number of anilines is 1. The second-order valence-corrected chi connectivity index (χ2v) is 9.66. The van der Waals surface area contributed by atoms with E-state index in [0.717, 1.165) is 24.3 Å². The minimum Gasteiger partial charge on any atom is -0.363 e. The number of nitrogens with zero attached hydrogens (tertiary/aromatic N) is 4. The first kappa shape index (κ1) is 23.6. The summed E-state index contributed by atoms with van der Waals surface area (Å²) in [6, 6.07) is 34.8. The third kappa shape index (κ3) is 5.89. The third-order valence-corrected chi connectivity index (χ3v) is 6.50. The van der Waals surface area contributed by atoms with Gasteiger partial charge in [-0.1, -0.05) is 107 Å². The van der Waals surface area contributed by atoms with Crippen LogP contribution < -0.4 is 4.90 Å². The van der Waals surface area contributed by atoms with Gasteiger partial charge in [0.2, 0.25) is 0 Å². The van der Waals surface area contributed by atoms with E-state index < -0.39 is 0 Å². The zero-order valence-corrected chi connectivity index (χ0v) is 21.2. The fourth-order valence-corrected chi connectivity index (χ4v) is 4.32. The molecule has 4 aromatic carbocycles. The average molecular weight is 473 g/mol. The van der Waals surface area contributed by atoms with Gasteiger partial charge in [0, 0.05) is 24.3 Å². The van der Waals surface area contributed by atoms with E-state index in [2.05, 4.69) is 133 Å². The van der Waals surface area contributed by atoms with Gasteiger partial charge in [-0.2, -0.15) is 0 Å². The van der Waals surface area contributed by atoms with Crippen molar-refractivity contribution in [3.05, 3.63) is 137 Å². The Labute approximate surface area is 213 Å². The second-order valence-electron chi connectivity index (χ2n) is 9.66.